The van der Waals surface area contributed by atoms with Crippen molar-refractivity contribution in [3.63, 3.8) is 0 Å². The number of nitrogens with one attached hydrogen (secondary N) is 1. The van der Waals surface area contributed by atoms with Crippen LogP contribution < -0.4 is 10.5 Å². The van der Waals surface area contributed by atoms with Gasteiger partial charge in [0, 0.05) is 29.6 Å². The van der Waals surface area contributed by atoms with Gasteiger partial charge in [0.2, 0.25) is 0 Å². The molecule has 0 bridgehead atoms. The van der Waals surface area contributed by atoms with E-state index in [4.69, 9.17) is 15.9 Å². The van der Waals surface area contributed by atoms with Gasteiger partial charge in [0.25, 0.3) is 0 Å². The number of allylic oxidation sites excluding steroid dienone is 1. The van der Waals surface area contributed by atoms with Gasteiger partial charge in [-0.25, -0.2) is 13.4 Å². The summed E-state index contributed by atoms with van der Waals surface area (Å²) in [7, 11) is -1.97. The molecule has 0 aliphatic heterocycles. The molecule has 0 fully saturated rings. The predicted molar refractivity (Wildman–Crippen MR) is 90.1 cm³/mol. The summed E-state index contributed by atoms with van der Waals surface area (Å²) in [5.74, 6) is 0.532. The van der Waals surface area contributed by atoms with E-state index in [0.717, 1.165) is 12.5 Å². The van der Waals surface area contributed by atoms with Gasteiger partial charge in [0.05, 0.1) is 27.7 Å². The van der Waals surface area contributed by atoms with Crippen LogP contribution in [0.4, 0.5) is 0 Å². The van der Waals surface area contributed by atoms with Crippen molar-refractivity contribution in [2.75, 3.05) is 13.4 Å². The largest absolute Gasteiger partial charge is 0.495 e. The maximum absolute atomic E-state index is 12.1. The summed E-state index contributed by atoms with van der Waals surface area (Å²) in [4.78, 5) is 4.53. The summed E-state index contributed by atoms with van der Waals surface area (Å²) in [5, 5.41) is 7.84. The number of sulfone groups is 1. The number of benzene rings is 1. The van der Waals surface area contributed by atoms with E-state index in [2.05, 4.69) is 20.9 Å². The van der Waals surface area contributed by atoms with Gasteiger partial charge < -0.3 is 15.9 Å². The lowest BCUT2D eigenvalue weighted by Gasteiger charge is -2.12. The number of ether oxygens (including phenoxy) is 1. The van der Waals surface area contributed by atoms with E-state index >= 15 is 0 Å². The Kier molecular flexibility index (Phi) is 4.52. The first-order valence-corrected chi connectivity index (χ1v) is 8.82. The van der Waals surface area contributed by atoms with Crippen LogP contribution in [0.3, 0.4) is 0 Å². The molecule has 1 aromatic heterocycles. The van der Waals surface area contributed by atoms with E-state index in [0.29, 0.717) is 32.4 Å². The van der Waals surface area contributed by atoms with Crippen LogP contribution in [0, 0.1) is 5.41 Å². The van der Waals surface area contributed by atoms with Crippen LogP contribution in [-0.2, 0) is 9.84 Å². The lowest BCUT2D eigenvalue weighted by molar-refractivity contribution is 0.413. The fourth-order valence-electron chi connectivity index (χ4n) is 2.03. The molecule has 0 atom stereocenters. The SMILES string of the molecule is COc1ccc2c(S(C)(=O)=O)cc(/C(C=N)=C/N)nc2c1Br. The van der Waals surface area contributed by atoms with Gasteiger partial charge in [-0.05, 0) is 34.1 Å². The van der Waals surface area contributed by atoms with Crippen molar-refractivity contribution in [1.82, 2.24) is 4.98 Å². The molecule has 22 heavy (non-hydrogen) atoms. The van der Waals surface area contributed by atoms with Crippen LogP contribution in [0.15, 0.2) is 33.8 Å². The molecule has 3 N–H and O–H groups in total. The minimum absolute atomic E-state index is 0.122. The highest BCUT2D eigenvalue weighted by Gasteiger charge is 2.19. The molecule has 0 unspecified atom stereocenters. The summed E-state index contributed by atoms with van der Waals surface area (Å²) in [5.41, 5.74) is 6.53. The molecule has 0 spiro atoms. The first-order valence-electron chi connectivity index (χ1n) is 6.13. The zero-order valence-corrected chi connectivity index (χ0v) is 14.3. The van der Waals surface area contributed by atoms with Crippen molar-refractivity contribution in [2.24, 2.45) is 5.73 Å². The number of hydrogen-bond donors (Lipinski definition) is 2. The minimum Gasteiger partial charge on any atom is -0.495 e. The highest BCUT2D eigenvalue weighted by molar-refractivity contribution is 9.10. The van der Waals surface area contributed by atoms with Crippen molar-refractivity contribution in [3.05, 3.63) is 34.6 Å². The van der Waals surface area contributed by atoms with E-state index in [1.807, 2.05) is 0 Å². The molecule has 0 saturated carbocycles. The molecular weight excluding hydrogens is 370 g/mol. The Balaban J connectivity index is 2.99. The molecule has 6 nitrogen and oxygen atoms in total. The molecule has 0 radical (unpaired) electrons. The number of nitrogens with two attached hydrogens (primary N) is 1. The molecule has 1 aromatic carbocycles. The molecule has 0 aliphatic carbocycles. The fraction of sp³-hybridized carbons (Fsp3) is 0.143. The van der Waals surface area contributed by atoms with Gasteiger partial charge >= 0.3 is 0 Å². The normalized spacial score (nSPS) is 12.4. The third-order valence-electron chi connectivity index (χ3n) is 3.10. The topological polar surface area (TPSA) is 106 Å². The fourth-order valence-corrected chi connectivity index (χ4v) is 3.51. The smallest absolute Gasteiger partial charge is 0.176 e. The zero-order valence-electron chi connectivity index (χ0n) is 11.9. The summed E-state index contributed by atoms with van der Waals surface area (Å²) in [6.07, 6.45) is 3.36. The first kappa shape index (κ1) is 16.4. The van der Waals surface area contributed by atoms with Crippen molar-refractivity contribution in [1.29, 1.82) is 5.41 Å². The van der Waals surface area contributed by atoms with Crippen molar-refractivity contribution >= 4 is 48.5 Å². The number of nitrogens with zero attached hydrogens (tertiary/aromatic N) is 1. The Bertz CT molecular complexity index is 892. The minimum atomic E-state index is -3.48. The van der Waals surface area contributed by atoms with Gasteiger partial charge in [-0.2, -0.15) is 0 Å². The standard InChI is InChI=1S/C14H14BrN3O3S/c1-21-11-4-3-9-12(22(2,19)20)5-10(8(6-16)7-17)18-14(9)13(11)15/h3-7,16H,17H2,1-2H3/b8-7+,16-6?. The second kappa shape index (κ2) is 6.05. The van der Waals surface area contributed by atoms with Crippen LogP contribution in [0.1, 0.15) is 5.69 Å². The number of rotatable bonds is 4. The lowest BCUT2D eigenvalue weighted by atomic mass is 10.1. The molecule has 0 aliphatic rings. The van der Waals surface area contributed by atoms with Crippen LogP contribution in [-0.4, -0.2) is 33.0 Å². The van der Waals surface area contributed by atoms with Gasteiger partial charge in [-0.3, -0.25) is 0 Å². The maximum Gasteiger partial charge on any atom is 0.176 e. The highest BCUT2D eigenvalue weighted by atomic mass is 79.9. The van der Waals surface area contributed by atoms with Crippen LogP contribution in [0.2, 0.25) is 0 Å². The summed E-state index contributed by atoms with van der Waals surface area (Å²) < 4.78 is 29.9. The van der Waals surface area contributed by atoms with E-state index in [-0.39, 0.29) is 4.90 Å². The van der Waals surface area contributed by atoms with Crippen LogP contribution in [0.25, 0.3) is 16.5 Å². The molecule has 0 amide bonds. The van der Waals surface area contributed by atoms with Crippen molar-refractivity contribution < 1.29 is 13.2 Å². The van der Waals surface area contributed by atoms with E-state index in [9.17, 15) is 8.42 Å². The summed E-state index contributed by atoms with van der Waals surface area (Å²) in [6, 6.07) is 4.72. The molecule has 116 valence electrons. The summed E-state index contributed by atoms with van der Waals surface area (Å²) >= 11 is 3.38. The van der Waals surface area contributed by atoms with Gasteiger partial charge in [0.1, 0.15) is 5.75 Å². The Morgan fingerprint density at radius 2 is 2.14 bits per heavy atom. The molecule has 1 heterocycles. The van der Waals surface area contributed by atoms with E-state index in [1.54, 1.807) is 12.1 Å². The van der Waals surface area contributed by atoms with Gasteiger partial charge in [-0.15, -0.1) is 0 Å². The molecular formula is C14H14BrN3O3S. The average Bonchev–Trinajstić information content (AvgIpc) is 2.47. The average molecular weight is 384 g/mol. The maximum atomic E-state index is 12.1. The van der Waals surface area contributed by atoms with Crippen LogP contribution in [0.5, 0.6) is 5.75 Å². The Labute approximate surface area is 136 Å². The number of hydrogen-bond acceptors (Lipinski definition) is 6. The Hall–Kier alpha value is -1.93. The van der Waals surface area contributed by atoms with Gasteiger partial charge in [-0.1, -0.05) is 0 Å². The predicted octanol–water partition coefficient (Wildman–Crippen LogP) is 2.36. The van der Waals surface area contributed by atoms with Crippen molar-refractivity contribution in [3.8, 4) is 5.75 Å². The Morgan fingerprint density at radius 3 is 2.64 bits per heavy atom. The Morgan fingerprint density at radius 1 is 1.45 bits per heavy atom. The molecule has 8 heteroatoms. The second-order valence-corrected chi connectivity index (χ2v) is 7.30. The number of methoxy groups -OCH3 is 1. The zero-order chi connectivity index (χ0) is 16.5. The number of aromatic nitrogens is 1. The lowest BCUT2D eigenvalue weighted by Crippen LogP contribution is -2.04. The number of halogens is 1. The van der Waals surface area contributed by atoms with Crippen LogP contribution >= 0.6 is 15.9 Å². The van der Waals surface area contributed by atoms with E-state index < -0.39 is 9.84 Å². The number of fused-ring (bicyclic) bond motifs is 1. The third-order valence-corrected chi connectivity index (χ3v) is 5.00. The quantitative estimate of drug-likeness (QED) is 0.788. The third kappa shape index (κ3) is 2.84. The monoisotopic (exact) mass is 383 g/mol. The first-order chi connectivity index (χ1) is 10.3. The second-order valence-electron chi connectivity index (χ2n) is 4.52. The molecule has 2 rings (SSSR count). The molecule has 2 aromatic rings. The van der Waals surface area contributed by atoms with E-state index in [1.165, 1.54) is 19.4 Å². The molecule has 0 saturated heterocycles. The summed E-state index contributed by atoms with van der Waals surface area (Å²) in [6.45, 7) is 0. The van der Waals surface area contributed by atoms with Crippen molar-refractivity contribution in [2.45, 2.75) is 4.90 Å². The van der Waals surface area contributed by atoms with Gasteiger partial charge in [0.15, 0.2) is 9.84 Å². The number of pyridine rings is 1. The highest BCUT2D eigenvalue weighted by Crippen LogP contribution is 2.35.